The second-order valence-corrected chi connectivity index (χ2v) is 2.79. The molecule has 4 heteroatoms. The molecule has 3 nitrogen and oxygen atoms in total. The summed E-state index contributed by atoms with van der Waals surface area (Å²) in [5, 5.41) is -0.193. The predicted molar refractivity (Wildman–Crippen MR) is 43.8 cm³/mol. The number of hydrogen-bond donors (Lipinski definition) is 1. The number of halogens is 1. The Morgan fingerprint density at radius 3 is 3.27 bits per heavy atom. The van der Waals surface area contributed by atoms with Crippen LogP contribution in [0.25, 0.3) is 0 Å². The van der Waals surface area contributed by atoms with Crippen molar-refractivity contribution in [1.82, 2.24) is 4.98 Å². The second kappa shape index (κ2) is 2.20. The number of rotatable bonds is 0. The van der Waals surface area contributed by atoms with E-state index in [4.69, 9.17) is 11.6 Å². The van der Waals surface area contributed by atoms with Crippen LogP contribution in [0.4, 0.5) is 5.69 Å². The van der Waals surface area contributed by atoms with Crippen LogP contribution in [0.5, 0.6) is 0 Å². The van der Waals surface area contributed by atoms with Crippen molar-refractivity contribution in [2.24, 2.45) is 4.99 Å². The molecule has 2 rings (SSSR count). The van der Waals surface area contributed by atoms with Crippen LogP contribution in [0.1, 0.15) is 10.9 Å². The van der Waals surface area contributed by atoms with Gasteiger partial charge in [-0.3, -0.25) is 9.79 Å². The first-order chi connectivity index (χ1) is 5.27. The number of aromatic amines is 1. The predicted octanol–water partition coefficient (Wildman–Crippen LogP) is 1.37. The summed E-state index contributed by atoms with van der Waals surface area (Å²) < 4.78 is 0. The molecule has 0 aromatic carbocycles. The summed E-state index contributed by atoms with van der Waals surface area (Å²) >= 11 is 5.82. The molecule has 1 N–H and O–H groups in total. The zero-order valence-corrected chi connectivity index (χ0v) is 6.30. The maximum atomic E-state index is 10.8. The standard InChI is InChI=1S/C7H5ClN2O/c8-5-3-9-6-1-7(11)10-2-4(5)6/h1-3,5H,(H,10,11). The first-order valence-corrected chi connectivity index (χ1v) is 3.62. The van der Waals surface area contributed by atoms with Crippen LogP contribution in [0.3, 0.4) is 0 Å². The first-order valence-electron chi connectivity index (χ1n) is 3.18. The van der Waals surface area contributed by atoms with Gasteiger partial charge in [-0.05, 0) is 0 Å². The van der Waals surface area contributed by atoms with E-state index in [0.29, 0.717) is 5.69 Å². The third-order valence-electron chi connectivity index (χ3n) is 1.58. The lowest BCUT2D eigenvalue weighted by Crippen LogP contribution is -2.02. The average molecular weight is 169 g/mol. The molecule has 1 aliphatic heterocycles. The van der Waals surface area contributed by atoms with Gasteiger partial charge in [0, 0.05) is 24.0 Å². The maximum Gasteiger partial charge on any atom is 0.250 e. The van der Waals surface area contributed by atoms with Crippen molar-refractivity contribution < 1.29 is 0 Å². The molecule has 0 saturated heterocycles. The van der Waals surface area contributed by atoms with Gasteiger partial charge in [0.25, 0.3) is 0 Å². The molecule has 0 fully saturated rings. The largest absolute Gasteiger partial charge is 0.329 e. The minimum absolute atomic E-state index is 0.147. The van der Waals surface area contributed by atoms with E-state index in [0.717, 1.165) is 5.56 Å². The molecular weight excluding hydrogens is 164 g/mol. The molecular formula is C7H5ClN2O. The number of nitrogens with one attached hydrogen (secondary N) is 1. The summed E-state index contributed by atoms with van der Waals surface area (Å²) in [7, 11) is 0. The summed E-state index contributed by atoms with van der Waals surface area (Å²) in [5.41, 5.74) is 1.40. The minimum atomic E-state index is -0.193. The molecule has 2 heterocycles. The smallest absolute Gasteiger partial charge is 0.250 e. The minimum Gasteiger partial charge on any atom is -0.329 e. The van der Waals surface area contributed by atoms with Gasteiger partial charge >= 0.3 is 0 Å². The third kappa shape index (κ3) is 0.973. The van der Waals surface area contributed by atoms with Crippen molar-refractivity contribution in [1.29, 1.82) is 0 Å². The number of pyridine rings is 1. The van der Waals surface area contributed by atoms with Crippen LogP contribution in [-0.2, 0) is 0 Å². The number of H-pyrrole nitrogens is 1. The summed E-state index contributed by atoms with van der Waals surface area (Å²) in [6.45, 7) is 0. The molecule has 1 unspecified atom stereocenters. The second-order valence-electron chi connectivity index (χ2n) is 2.32. The topological polar surface area (TPSA) is 45.2 Å². The Hall–Kier alpha value is -1.09. The Kier molecular flexibility index (Phi) is 1.32. The van der Waals surface area contributed by atoms with E-state index >= 15 is 0 Å². The average Bonchev–Trinajstić information content (AvgIpc) is 2.32. The van der Waals surface area contributed by atoms with Crippen molar-refractivity contribution in [3.05, 3.63) is 28.2 Å². The first kappa shape index (κ1) is 6.61. The Balaban J connectivity index is 2.67. The van der Waals surface area contributed by atoms with E-state index in [1.54, 1.807) is 12.4 Å². The highest BCUT2D eigenvalue weighted by molar-refractivity contribution is 6.29. The number of nitrogens with zero attached hydrogens (tertiary/aromatic N) is 1. The highest BCUT2D eigenvalue weighted by Crippen LogP contribution is 2.31. The van der Waals surface area contributed by atoms with Crippen molar-refractivity contribution in [3.63, 3.8) is 0 Å². The molecule has 0 bridgehead atoms. The lowest BCUT2D eigenvalue weighted by atomic mass is 10.2. The Bertz CT molecular complexity index is 369. The van der Waals surface area contributed by atoms with Crippen molar-refractivity contribution >= 4 is 23.5 Å². The number of alkyl halides is 1. The molecule has 1 aromatic rings. The van der Waals surface area contributed by atoms with E-state index in [1.165, 1.54) is 6.07 Å². The van der Waals surface area contributed by atoms with Gasteiger partial charge in [0.1, 0.15) is 0 Å². The number of aliphatic imine (C=N–C) groups is 1. The molecule has 0 radical (unpaired) electrons. The van der Waals surface area contributed by atoms with E-state index in [9.17, 15) is 4.79 Å². The molecule has 11 heavy (non-hydrogen) atoms. The summed E-state index contributed by atoms with van der Waals surface area (Å²) in [4.78, 5) is 17.3. The molecule has 1 atom stereocenters. The van der Waals surface area contributed by atoms with E-state index in [-0.39, 0.29) is 10.9 Å². The van der Waals surface area contributed by atoms with Gasteiger partial charge in [0.15, 0.2) is 0 Å². The van der Waals surface area contributed by atoms with E-state index in [1.807, 2.05) is 0 Å². The fraction of sp³-hybridized carbons (Fsp3) is 0.143. The lowest BCUT2D eigenvalue weighted by Gasteiger charge is -1.97. The van der Waals surface area contributed by atoms with Gasteiger partial charge in [-0.2, -0.15) is 0 Å². The molecule has 0 aliphatic carbocycles. The zero-order chi connectivity index (χ0) is 7.84. The van der Waals surface area contributed by atoms with Crippen LogP contribution >= 0.6 is 11.6 Å². The monoisotopic (exact) mass is 168 g/mol. The van der Waals surface area contributed by atoms with Crippen LogP contribution < -0.4 is 5.56 Å². The van der Waals surface area contributed by atoms with Gasteiger partial charge < -0.3 is 4.98 Å². The number of fused-ring (bicyclic) bond motifs is 1. The fourth-order valence-corrected chi connectivity index (χ4v) is 1.26. The fourth-order valence-electron chi connectivity index (χ4n) is 1.03. The van der Waals surface area contributed by atoms with Crippen molar-refractivity contribution in [3.8, 4) is 0 Å². The van der Waals surface area contributed by atoms with Crippen molar-refractivity contribution in [2.75, 3.05) is 0 Å². The molecule has 0 spiro atoms. The summed E-state index contributed by atoms with van der Waals surface area (Å²) in [6.07, 6.45) is 3.21. The van der Waals surface area contributed by atoms with Gasteiger partial charge in [-0.15, -0.1) is 11.6 Å². The Labute approximate surface area is 67.7 Å². The number of aromatic nitrogens is 1. The SMILES string of the molecule is O=c1cc2c(c[nH]1)C(Cl)C=N2. The summed E-state index contributed by atoms with van der Waals surface area (Å²) in [5.74, 6) is 0. The Morgan fingerprint density at radius 1 is 1.64 bits per heavy atom. The van der Waals surface area contributed by atoms with Gasteiger partial charge in [0.2, 0.25) is 5.56 Å². The molecule has 1 aliphatic rings. The normalized spacial score (nSPS) is 20.3. The zero-order valence-electron chi connectivity index (χ0n) is 5.54. The quantitative estimate of drug-likeness (QED) is 0.585. The molecule has 0 amide bonds. The highest BCUT2D eigenvalue weighted by Gasteiger charge is 2.15. The van der Waals surface area contributed by atoms with Gasteiger partial charge in [0.05, 0.1) is 11.1 Å². The van der Waals surface area contributed by atoms with Crippen molar-refractivity contribution in [2.45, 2.75) is 5.38 Å². The Morgan fingerprint density at radius 2 is 2.45 bits per heavy atom. The van der Waals surface area contributed by atoms with Crippen LogP contribution in [0.2, 0.25) is 0 Å². The highest BCUT2D eigenvalue weighted by atomic mass is 35.5. The number of hydrogen-bond acceptors (Lipinski definition) is 2. The van der Waals surface area contributed by atoms with Gasteiger partial charge in [-0.25, -0.2) is 0 Å². The molecule has 56 valence electrons. The van der Waals surface area contributed by atoms with Crippen LogP contribution in [-0.4, -0.2) is 11.2 Å². The van der Waals surface area contributed by atoms with Crippen LogP contribution in [0.15, 0.2) is 22.1 Å². The van der Waals surface area contributed by atoms with Gasteiger partial charge in [-0.1, -0.05) is 0 Å². The molecule has 0 saturated carbocycles. The molecule has 1 aromatic heterocycles. The van der Waals surface area contributed by atoms with E-state index in [2.05, 4.69) is 9.98 Å². The maximum absolute atomic E-state index is 10.8. The third-order valence-corrected chi connectivity index (χ3v) is 1.92. The van der Waals surface area contributed by atoms with Crippen LogP contribution in [0, 0.1) is 0 Å². The van der Waals surface area contributed by atoms with E-state index < -0.39 is 0 Å². The summed E-state index contributed by atoms with van der Waals surface area (Å²) in [6, 6.07) is 1.44. The lowest BCUT2D eigenvalue weighted by molar-refractivity contribution is 1.18.